The second-order valence-electron chi connectivity index (χ2n) is 10.4. The van der Waals surface area contributed by atoms with E-state index in [4.69, 9.17) is 16.3 Å². The van der Waals surface area contributed by atoms with Crippen molar-refractivity contribution in [2.24, 2.45) is 17.3 Å². The van der Waals surface area contributed by atoms with Gasteiger partial charge in [0.15, 0.2) is 0 Å². The minimum absolute atomic E-state index is 0.0560. The number of carbonyl (C=O) groups is 2. The van der Waals surface area contributed by atoms with Crippen molar-refractivity contribution < 1.29 is 14.3 Å². The van der Waals surface area contributed by atoms with Crippen molar-refractivity contribution in [3.63, 3.8) is 0 Å². The highest BCUT2D eigenvalue weighted by atomic mass is 35.5. The minimum atomic E-state index is -0.208. The third kappa shape index (κ3) is 3.74. The van der Waals surface area contributed by atoms with E-state index in [0.29, 0.717) is 10.8 Å². The molecule has 2 saturated heterocycles. The summed E-state index contributed by atoms with van der Waals surface area (Å²) >= 11 is 7.92. The summed E-state index contributed by atoms with van der Waals surface area (Å²) in [5.41, 5.74) is 3.11. The van der Waals surface area contributed by atoms with Crippen LogP contribution in [0.15, 0.2) is 24.4 Å². The summed E-state index contributed by atoms with van der Waals surface area (Å²) < 4.78 is 7.40. The summed E-state index contributed by atoms with van der Waals surface area (Å²) in [5, 5.41) is 3.80. The normalized spacial score (nSPS) is 25.3. The molecule has 0 aromatic carbocycles. The number of hydrogen-bond donors (Lipinski definition) is 1. The zero-order valence-corrected chi connectivity index (χ0v) is 21.5. The number of carbonyl (C=O) groups excluding carboxylic acids is 2. The topological polar surface area (TPSA) is 84.4 Å². The predicted molar refractivity (Wildman–Crippen MR) is 135 cm³/mol. The van der Waals surface area contributed by atoms with E-state index in [-0.39, 0.29) is 41.7 Å². The molecule has 1 saturated carbocycles. The number of aryl methyl sites for hydroxylation is 1. The number of aromatic nitrogens is 2. The number of hydrogen-bond acceptors (Lipinski definition) is 7. The fourth-order valence-corrected chi connectivity index (χ4v) is 6.97. The van der Waals surface area contributed by atoms with Gasteiger partial charge in [0.05, 0.1) is 28.6 Å². The standard InChI is InChI=1S/C26H27ClN4O3S/c1-13-9-18(27)30-21(22(13)34-14-5-4-7-28-11-14)16-6-8-29-17-10-15(35-23(16)17)12-31-24(32)19-20(25(31)33)26(19,2)3/h6,8-10,14,19-20,28H,4-5,7,11-12H2,1-3H3. The molecule has 3 atom stereocenters. The number of pyridine rings is 2. The molecule has 3 aliphatic rings. The number of halogens is 1. The first-order valence-electron chi connectivity index (χ1n) is 12.0. The van der Waals surface area contributed by atoms with Gasteiger partial charge in [-0.3, -0.25) is 19.5 Å². The van der Waals surface area contributed by atoms with Crippen LogP contribution in [0.25, 0.3) is 21.5 Å². The molecule has 0 spiro atoms. The van der Waals surface area contributed by atoms with Crippen LogP contribution in [0.2, 0.25) is 5.15 Å². The van der Waals surface area contributed by atoms with E-state index in [0.717, 1.165) is 57.9 Å². The van der Waals surface area contributed by atoms with Gasteiger partial charge < -0.3 is 10.1 Å². The van der Waals surface area contributed by atoms with E-state index in [1.165, 1.54) is 16.2 Å². The van der Waals surface area contributed by atoms with Crippen molar-refractivity contribution in [3.8, 4) is 17.0 Å². The molecule has 0 radical (unpaired) electrons. The summed E-state index contributed by atoms with van der Waals surface area (Å²) in [6, 6.07) is 5.71. The van der Waals surface area contributed by atoms with Crippen LogP contribution in [0.3, 0.4) is 0 Å². The maximum Gasteiger partial charge on any atom is 0.234 e. The molecule has 3 aromatic heterocycles. The largest absolute Gasteiger partial charge is 0.487 e. The highest BCUT2D eigenvalue weighted by molar-refractivity contribution is 7.19. The summed E-state index contributed by atoms with van der Waals surface area (Å²) in [5.74, 6) is 0.272. The van der Waals surface area contributed by atoms with Gasteiger partial charge >= 0.3 is 0 Å². The molecule has 3 fully saturated rings. The Hall–Kier alpha value is -2.55. The molecule has 0 bridgehead atoms. The second-order valence-corrected chi connectivity index (χ2v) is 11.9. The zero-order chi connectivity index (χ0) is 24.5. The number of ether oxygens (including phenoxy) is 1. The third-order valence-corrected chi connectivity index (χ3v) is 8.92. The van der Waals surface area contributed by atoms with Crippen LogP contribution in [0.5, 0.6) is 5.75 Å². The molecule has 1 N–H and O–H groups in total. The van der Waals surface area contributed by atoms with E-state index in [1.54, 1.807) is 6.20 Å². The molecular formula is C26H27ClN4O3S. The number of fused-ring (bicyclic) bond motifs is 2. The number of imide groups is 1. The van der Waals surface area contributed by atoms with Gasteiger partial charge in [0.25, 0.3) is 0 Å². The van der Waals surface area contributed by atoms with Crippen LogP contribution in [0.1, 0.15) is 37.1 Å². The van der Waals surface area contributed by atoms with Crippen molar-refractivity contribution >= 4 is 45.0 Å². The fraction of sp³-hybridized carbons (Fsp3) is 0.462. The number of amides is 2. The van der Waals surface area contributed by atoms with E-state index >= 15 is 0 Å². The lowest BCUT2D eigenvalue weighted by atomic mass is 10.1. The Morgan fingerprint density at radius 3 is 2.74 bits per heavy atom. The molecular weight excluding hydrogens is 484 g/mol. The molecule has 5 heterocycles. The van der Waals surface area contributed by atoms with Gasteiger partial charge in [-0.25, -0.2) is 4.98 Å². The van der Waals surface area contributed by atoms with Gasteiger partial charge in [-0.2, -0.15) is 0 Å². The molecule has 182 valence electrons. The summed E-state index contributed by atoms with van der Waals surface area (Å²) in [7, 11) is 0. The first kappa shape index (κ1) is 22.9. The molecule has 35 heavy (non-hydrogen) atoms. The lowest BCUT2D eigenvalue weighted by molar-refractivity contribution is -0.143. The fourth-order valence-electron chi connectivity index (χ4n) is 5.61. The number of nitrogens with zero attached hydrogens (tertiary/aromatic N) is 3. The van der Waals surface area contributed by atoms with E-state index in [1.807, 2.05) is 39.0 Å². The van der Waals surface area contributed by atoms with Crippen LogP contribution in [0.4, 0.5) is 0 Å². The van der Waals surface area contributed by atoms with Crippen LogP contribution < -0.4 is 10.1 Å². The smallest absolute Gasteiger partial charge is 0.234 e. The number of nitrogens with one attached hydrogen (secondary N) is 1. The van der Waals surface area contributed by atoms with E-state index < -0.39 is 0 Å². The Morgan fingerprint density at radius 1 is 1.26 bits per heavy atom. The summed E-state index contributed by atoms with van der Waals surface area (Å²) in [6.45, 7) is 8.06. The van der Waals surface area contributed by atoms with Crippen molar-refractivity contribution in [2.45, 2.75) is 46.3 Å². The van der Waals surface area contributed by atoms with Gasteiger partial charge in [0, 0.05) is 23.2 Å². The van der Waals surface area contributed by atoms with Crippen LogP contribution in [0, 0.1) is 24.2 Å². The average molecular weight is 511 g/mol. The van der Waals surface area contributed by atoms with Gasteiger partial charge in [-0.05, 0) is 55.5 Å². The summed E-state index contributed by atoms with van der Waals surface area (Å²) in [4.78, 5) is 37.2. The lowest BCUT2D eigenvalue weighted by Crippen LogP contribution is -2.37. The predicted octanol–water partition coefficient (Wildman–Crippen LogP) is 4.59. The Bertz CT molecular complexity index is 1340. The molecule has 3 unspecified atom stereocenters. The van der Waals surface area contributed by atoms with Gasteiger partial charge in [0.2, 0.25) is 11.8 Å². The van der Waals surface area contributed by atoms with Crippen molar-refractivity contribution in [1.82, 2.24) is 20.2 Å². The molecule has 2 aliphatic heterocycles. The lowest BCUT2D eigenvalue weighted by Gasteiger charge is -2.26. The van der Waals surface area contributed by atoms with E-state index in [2.05, 4.69) is 15.3 Å². The first-order valence-corrected chi connectivity index (χ1v) is 13.2. The number of rotatable bonds is 5. The van der Waals surface area contributed by atoms with Gasteiger partial charge in [0.1, 0.15) is 22.7 Å². The highest BCUT2D eigenvalue weighted by Crippen LogP contribution is 2.63. The summed E-state index contributed by atoms with van der Waals surface area (Å²) in [6.07, 6.45) is 3.88. The maximum atomic E-state index is 12.8. The molecule has 3 aromatic rings. The molecule has 9 heteroatoms. The molecule has 1 aliphatic carbocycles. The Morgan fingerprint density at radius 2 is 2.03 bits per heavy atom. The first-order chi connectivity index (χ1) is 16.8. The number of likely N-dealkylation sites (tertiary alicyclic amines) is 1. The SMILES string of the molecule is Cc1cc(Cl)nc(-c2ccnc3cc(CN4C(=O)C5C(C4=O)C5(C)C)sc23)c1OC1CCCNC1. The Labute approximate surface area is 212 Å². The van der Waals surface area contributed by atoms with Crippen molar-refractivity contribution in [1.29, 1.82) is 0 Å². The number of thiophene rings is 1. The number of piperidine rings is 2. The molecule has 2 amide bonds. The van der Waals surface area contributed by atoms with Crippen LogP contribution >= 0.6 is 22.9 Å². The van der Waals surface area contributed by atoms with Crippen LogP contribution in [-0.4, -0.2) is 45.9 Å². The molecule has 6 rings (SSSR count). The van der Waals surface area contributed by atoms with Gasteiger partial charge in [-0.15, -0.1) is 11.3 Å². The maximum absolute atomic E-state index is 12.8. The average Bonchev–Trinajstić information content (AvgIpc) is 3.07. The van der Waals surface area contributed by atoms with Crippen molar-refractivity contribution in [2.75, 3.05) is 13.1 Å². The Kier molecular flexibility index (Phi) is 5.39. The highest BCUT2D eigenvalue weighted by Gasteiger charge is 2.72. The van der Waals surface area contributed by atoms with Crippen molar-refractivity contribution in [3.05, 3.63) is 40.0 Å². The van der Waals surface area contributed by atoms with E-state index in [9.17, 15) is 9.59 Å². The quantitative estimate of drug-likeness (QED) is 0.399. The molecule has 7 nitrogen and oxygen atoms in total. The second kappa shape index (κ2) is 8.25. The third-order valence-electron chi connectivity index (χ3n) is 7.59. The Balaban J connectivity index is 1.35. The van der Waals surface area contributed by atoms with Gasteiger partial charge in [-0.1, -0.05) is 25.4 Å². The monoisotopic (exact) mass is 510 g/mol. The minimum Gasteiger partial charge on any atom is -0.487 e. The van der Waals surface area contributed by atoms with Crippen LogP contribution in [-0.2, 0) is 16.1 Å². The zero-order valence-electron chi connectivity index (χ0n) is 19.9.